The minimum atomic E-state index is -0.707. The average molecular weight is 456 g/mol. The lowest BCUT2D eigenvalue weighted by atomic mass is 10.0. The first-order valence-electron chi connectivity index (χ1n) is 9.94. The van der Waals surface area contributed by atoms with E-state index in [1.165, 1.54) is 48.7 Å². The van der Waals surface area contributed by atoms with Crippen LogP contribution in [0.3, 0.4) is 0 Å². The fourth-order valence-electron chi connectivity index (χ4n) is 3.24. The van der Waals surface area contributed by atoms with Crippen molar-refractivity contribution in [1.29, 1.82) is 0 Å². The molecule has 0 aliphatic rings. The number of carbonyl (C=O) groups excluding carboxylic acids is 1. The van der Waals surface area contributed by atoms with Crippen molar-refractivity contribution >= 4 is 40.0 Å². The van der Waals surface area contributed by atoms with Gasteiger partial charge in [-0.2, -0.15) is 5.10 Å². The van der Waals surface area contributed by atoms with Crippen molar-refractivity contribution in [3.63, 3.8) is 0 Å². The van der Waals surface area contributed by atoms with E-state index in [-0.39, 0.29) is 11.4 Å². The summed E-state index contributed by atoms with van der Waals surface area (Å²) in [4.78, 5) is 33.9. The fraction of sp³-hybridized carbons (Fsp3) is 0. The number of hydrogen-bond donors (Lipinski definition) is 1. The Morgan fingerprint density at radius 2 is 1.62 bits per heavy atom. The van der Waals surface area contributed by atoms with Crippen LogP contribution in [0.15, 0.2) is 90.0 Å². The van der Waals surface area contributed by atoms with Gasteiger partial charge in [-0.05, 0) is 41.1 Å². The van der Waals surface area contributed by atoms with Crippen molar-refractivity contribution in [1.82, 2.24) is 0 Å². The van der Waals surface area contributed by atoms with E-state index in [0.29, 0.717) is 22.2 Å². The van der Waals surface area contributed by atoms with Crippen molar-refractivity contribution in [3.8, 4) is 5.75 Å². The third-order valence-corrected chi connectivity index (χ3v) is 4.88. The van der Waals surface area contributed by atoms with E-state index in [4.69, 9.17) is 4.74 Å². The van der Waals surface area contributed by atoms with E-state index < -0.39 is 21.5 Å². The van der Waals surface area contributed by atoms with Gasteiger partial charge in [0, 0.05) is 23.8 Å². The number of non-ortho nitro benzene ring substituents is 1. The molecule has 4 aromatic carbocycles. The molecule has 0 spiro atoms. The zero-order valence-electron chi connectivity index (χ0n) is 17.5. The van der Waals surface area contributed by atoms with Gasteiger partial charge in [0.15, 0.2) is 0 Å². The lowest BCUT2D eigenvalue weighted by Gasteiger charge is -2.08. The molecule has 0 aromatic heterocycles. The molecular formula is C24H16N4O6. The molecular weight excluding hydrogens is 440 g/mol. The molecule has 0 heterocycles. The van der Waals surface area contributed by atoms with Gasteiger partial charge in [0.25, 0.3) is 5.69 Å². The number of esters is 1. The Balaban J connectivity index is 1.52. The van der Waals surface area contributed by atoms with E-state index in [0.717, 1.165) is 5.39 Å². The molecule has 0 saturated heterocycles. The summed E-state index contributed by atoms with van der Waals surface area (Å²) >= 11 is 0. The number of benzene rings is 4. The second kappa shape index (κ2) is 9.57. The largest absolute Gasteiger partial charge is 0.416 e. The number of nitro benzene ring substituents is 2. The molecule has 0 fully saturated rings. The Morgan fingerprint density at radius 1 is 0.882 bits per heavy atom. The molecule has 0 saturated carbocycles. The number of hydrazone groups is 1. The number of nitro groups is 2. The highest BCUT2D eigenvalue weighted by Gasteiger charge is 2.20. The first-order valence-corrected chi connectivity index (χ1v) is 9.94. The molecule has 34 heavy (non-hydrogen) atoms. The third kappa shape index (κ3) is 4.86. The zero-order valence-corrected chi connectivity index (χ0v) is 17.5. The number of fused-ring (bicyclic) bond motifs is 1. The first kappa shape index (κ1) is 22.1. The summed E-state index contributed by atoms with van der Waals surface area (Å²) in [6.45, 7) is 0. The van der Waals surface area contributed by atoms with Gasteiger partial charge in [0.1, 0.15) is 0 Å². The number of ether oxygens (including phenoxy) is 1. The molecule has 4 rings (SSSR count). The highest BCUT2D eigenvalue weighted by atomic mass is 16.6. The number of rotatable bonds is 7. The Kier molecular flexibility index (Phi) is 6.22. The van der Waals surface area contributed by atoms with Crippen LogP contribution in [-0.2, 0) is 0 Å². The summed E-state index contributed by atoms with van der Waals surface area (Å²) in [5.41, 5.74) is 3.41. The smallest absolute Gasteiger partial charge is 0.344 e. The van der Waals surface area contributed by atoms with Crippen LogP contribution in [0.4, 0.5) is 17.1 Å². The van der Waals surface area contributed by atoms with Gasteiger partial charge in [-0.1, -0.05) is 36.4 Å². The molecule has 0 unspecified atom stereocenters. The van der Waals surface area contributed by atoms with E-state index in [1.54, 1.807) is 24.3 Å². The van der Waals surface area contributed by atoms with Crippen LogP contribution in [0, 0.1) is 20.2 Å². The molecule has 0 radical (unpaired) electrons. The molecule has 10 heteroatoms. The van der Waals surface area contributed by atoms with Crippen molar-refractivity contribution in [2.75, 3.05) is 5.43 Å². The minimum absolute atomic E-state index is 0.0567. The van der Waals surface area contributed by atoms with Crippen molar-refractivity contribution < 1.29 is 19.4 Å². The average Bonchev–Trinajstić information content (AvgIpc) is 2.84. The lowest BCUT2D eigenvalue weighted by Crippen LogP contribution is -2.10. The quantitative estimate of drug-likeness (QED) is 0.131. The van der Waals surface area contributed by atoms with E-state index >= 15 is 0 Å². The number of hydrogen-bond acceptors (Lipinski definition) is 8. The summed E-state index contributed by atoms with van der Waals surface area (Å²) in [6.07, 6.45) is 1.34. The van der Waals surface area contributed by atoms with Gasteiger partial charge in [-0.25, -0.2) is 4.79 Å². The lowest BCUT2D eigenvalue weighted by molar-refractivity contribution is -0.385. The molecule has 0 aliphatic carbocycles. The van der Waals surface area contributed by atoms with Gasteiger partial charge in [0.05, 0.1) is 27.3 Å². The van der Waals surface area contributed by atoms with Crippen molar-refractivity contribution in [3.05, 3.63) is 116 Å². The summed E-state index contributed by atoms with van der Waals surface area (Å²) in [7, 11) is 0. The SMILES string of the molecule is O=C(Oc1ccc(/C=N/Nc2ccc([N+](=O)[O-])cc2)cc1[N+](=O)[O-])c1cccc2ccccc12. The maximum absolute atomic E-state index is 12.8. The minimum Gasteiger partial charge on any atom is -0.416 e. The van der Waals surface area contributed by atoms with Crippen LogP contribution in [0.25, 0.3) is 10.8 Å². The molecule has 0 bridgehead atoms. The van der Waals surface area contributed by atoms with Crippen LogP contribution in [-0.4, -0.2) is 22.0 Å². The van der Waals surface area contributed by atoms with Gasteiger partial charge < -0.3 is 4.74 Å². The first-order chi connectivity index (χ1) is 16.4. The Labute approximate surface area is 192 Å². The molecule has 4 aromatic rings. The van der Waals surface area contributed by atoms with Crippen LogP contribution < -0.4 is 10.2 Å². The molecule has 0 atom stereocenters. The van der Waals surface area contributed by atoms with Gasteiger partial charge in [-0.3, -0.25) is 25.7 Å². The maximum Gasteiger partial charge on any atom is 0.344 e. The predicted octanol–water partition coefficient (Wildman–Crippen LogP) is 5.32. The number of nitrogens with one attached hydrogen (secondary N) is 1. The third-order valence-electron chi connectivity index (χ3n) is 4.88. The topological polar surface area (TPSA) is 137 Å². The Bertz CT molecular complexity index is 1430. The highest BCUT2D eigenvalue weighted by molar-refractivity contribution is 6.05. The molecule has 168 valence electrons. The summed E-state index contributed by atoms with van der Waals surface area (Å²) < 4.78 is 5.36. The molecule has 0 amide bonds. The van der Waals surface area contributed by atoms with E-state index in [9.17, 15) is 25.0 Å². The van der Waals surface area contributed by atoms with Crippen LogP contribution in [0.2, 0.25) is 0 Å². The van der Waals surface area contributed by atoms with Gasteiger partial charge in [-0.15, -0.1) is 0 Å². The van der Waals surface area contributed by atoms with E-state index in [2.05, 4.69) is 10.5 Å². The van der Waals surface area contributed by atoms with Crippen LogP contribution >= 0.6 is 0 Å². The number of carbonyl (C=O) groups is 1. The van der Waals surface area contributed by atoms with Gasteiger partial charge in [0.2, 0.25) is 5.75 Å². The van der Waals surface area contributed by atoms with Crippen molar-refractivity contribution in [2.45, 2.75) is 0 Å². The number of anilines is 1. The Morgan fingerprint density at radius 3 is 2.35 bits per heavy atom. The second-order valence-corrected chi connectivity index (χ2v) is 7.07. The van der Waals surface area contributed by atoms with Crippen molar-refractivity contribution in [2.24, 2.45) is 5.10 Å². The number of nitrogens with zero attached hydrogens (tertiary/aromatic N) is 3. The molecule has 0 aliphatic heterocycles. The van der Waals surface area contributed by atoms with Gasteiger partial charge >= 0.3 is 11.7 Å². The van der Waals surface area contributed by atoms with Crippen LogP contribution in [0.5, 0.6) is 5.75 Å². The monoisotopic (exact) mass is 456 g/mol. The van der Waals surface area contributed by atoms with E-state index in [1.807, 2.05) is 18.2 Å². The Hall–Kier alpha value is -5.12. The fourth-order valence-corrected chi connectivity index (χ4v) is 3.24. The normalized spacial score (nSPS) is 10.8. The summed E-state index contributed by atoms with van der Waals surface area (Å²) in [5, 5.41) is 27.8. The molecule has 10 nitrogen and oxygen atoms in total. The predicted molar refractivity (Wildman–Crippen MR) is 126 cm³/mol. The standard InChI is InChI=1S/C24H16N4O6/c29-24(21-7-3-5-17-4-1-2-6-20(17)21)34-23-13-8-16(14-22(23)28(32)33)15-25-26-18-9-11-19(12-10-18)27(30)31/h1-15,26H/b25-15+. The highest BCUT2D eigenvalue weighted by Crippen LogP contribution is 2.29. The molecule has 1 N–H and O–H groups in total. The second-order valence-electron chi connectivity index (χ2n) is 7.07. The zero-order chi connectivity index (χ0) is 24.1. The maximum atomic E-state index is 12.8. The summed E-state index contributed by atoms with van der Waals surface area (Å²) in [5.74, 6) is -0.899. The van der Waals surface area contributed by atoms with Crippen LogP contribution in [0.1, 0.15) is 15.9 Å². The summed E-state index contributed by atoms with van der Waals surface area (Å²) in [6, 6.07) is 22.1.